The molecule has 256 valence electrons. The molecule has 0 N–H and O–H groups in total. The van der Waals surface area contributed by atoms with Crippen LogP contribution in [0.25, 0.3) is 56.1 Å². The van der Waals surface area contributed by atoms with E-state index in [1.54, 1.807) is 45.9 Å². The summed E-state index contributed by atoms with van der Waals surface area (Å²) in [6.45, 7) is 0.635. The lowest BCUT2D eigenvalue weighted by molar-refractivity contribution is 0.301. The van der Waals surface area contributed by atoms with E-state index in [0.29, 0.717) is 53.4 Å². The van der Waals surface area contributed by atoms with E-state index in [2.05, 4.69) is 20.2 Å². The number of aromatic nitrogens is 6. The Balaban J connectivity index is 0.000000157. The second-order valence-corrected chi connectivity index (χ2v) is 15.2. The second kappa shape index (κ2) is 14.1. The standard InChI is InChI=1S/C18H17N3O4S.C17H15N3O3S/c1-26(22,23)10-4-9-24-18-8-7-17-19-12-14(21(17)20-18)16-11-13-5-2-3-6-15(13)25-16;1-24(21)9-8-22-17-7-6-16-18-11-13(20(16)19-17)15-10-12-4-2-3-5-14(12)23-15/h2-3,5-8,11-12H,4,9-10H2,1H3;2-7,10-11H,8-9H2,1H3. The molecular weight excluding hydrogens is 681 g/mol. The van der Waals surface area contributed by atoms with Crippen molar-refractivity contribution in [3.63, 3.8) is 0 Å². The predicted molar refractivity (Wildman–Crippen MR) is 191 cm³/mol. The van der Waals surface area contributed by atoms with Gasteiger partial charge in [-0.05, 0) is 42.8 Å². The normalized spacial score (nSPS) is 12.4. The van der Waals surface area contributed by atoms with Crippen molar-refractivity contribution < 1.29 is 30.9 Å². The third-order valence-electron chi connectivity index (χ3n) is 7.56. The van der Waals surface area contributed by atoms with Gasteiger partial charge in [-0.1, -0.05) is 36.4 Å². The van der Waals surface area contributed by atoms with Crippen LogP contribution in [0.2, 0.25) is 0 Å². The Hall–Kier alpha value is -5.54. The topological polar surface area (TPSA) is 156 Å². The lowest BCUT2D eigenvalue weighted by atomic mass is 10.2. The van der Waals surface area contributed by atoms with Crippen LogP contribution in [0.3, 0.4) is 0 Å². The van der Waals surface area contributed by atoms with Crippen LogP contribution in [-0.2, 0) is 20.6 Å². The van der Waals surface area contributed by atoms with Crippen LogP contribution in [0, 0.1) is 0 Å². The highest BCUT2D eigenvalue weighted by Crippen LogP contribution is 2.29. The first kappa shape index (κ1) is 33.0. The van der Waals surface area contributed by atoms with Gasteiger partial charge in [-0.2, -0.15) is 0 Å². The lowest BCUT2D eigenvalue weighted by Crippen LogP contribution is -2.09. The molecule has 0 amide bonds. The summed E-state index contributed by atoms with van der Waals surface area (Å²) in [7, 11) is -3.88. The monoisotopic (exact) mass is 712 g/mol. The highest BCUT2D eigenvalue weighted by molar-refractivity contribution is 7.90. The number of sulfone groups is 1. The largest absolute Gasteiger partial charge is 0.477 e. The van der Waals surface area contributed by atoms with Gasteiger partial charge in [-0.15, -0.1) is 10.2 Å². The summed E-state index contributed by atoms with van der Waals surface area (Å²) in [5.74, 6) is 2.79. The predicted octanol–water partition coefficient (Wildman–Crippen LogP) is 5.86. The maximum Gasteiger partial charge on any atom is 0.231 e. The Morgan fingerprint density at radius 1 is 0.720 bits per heavy atom. The molecule has 0 spiro atoms. The number of rotatable bonds is 11. The molecule has 0 aliphatic heterocycles. The second-order valence-electron chi connectivity index (χ2n) is 11.4. The van der Waals surface area contributed by atoms with Crippen LogP contribution in [0.15, 0.2) is 106 Å². The van der Waals surface area contributed by atoms with E-state index < -0.39 is 20.6 Å². The fraction of sp³-hybridized carbons (Fsp3) is 0.200. The number of furan rings is 2. The molecule has 1 atom stereocenters. The van der Waals surface area contributed by atoms with Crippen LogP contribution in [0.1, 0.15) is 6.42 Å². The van der Waals surface area contributed by atoms with E-state index in [4.69, 9.17) is 18.3 Å². The number of ether oxygens (including phenoxy) is 2. The van der Waals surface area contributed by atoms with Gasteiger partial charge in [0.25, 0.3) is 0 Å². The van der Waals surface area contributed by atoms with Gasteiger partial charge in [0.15, 0.2) is 22.8 Å². The van der Waals surface area contributed by atoms with Gasteiger partial charge in [-0.3, -0.25) is 4.21 Å². The molecule has 0 fully saturated rings. The third kappa shape index (κ3) is 7.53. The molecule has 1 unspecified atom stereocenters. The molecule has 2 aromatic carbocycles. The third-order valence-corrected chi connectivity index (χ3v) is 9.33. The smallest absolute Gasteiger partial charge is 0.231 e. The van der Waals surface area contributed by atoms with E-state index in [9.17, 15) is 12.6 Å². The van der Waals surface area contributed by atoms with Crippen LogP contribution in [0.4, 0.5) is 0 Å². The minimum absolute atomic E-state index is 0.0879. The Bertz CT molecular complexity index is 2500. The maximum atomic E-state index is 11.2. The van der Waals surface area contributed by atoms with Crippen molar-refractivity contribution in [2.75, 3.05) is 37.2 Å². The molecule has 0 bridgehead atoms. The van der Waals surface area contributed by atoms with Crippen LogP contribution >= 0.6 is 0 Å². The number of benzene rings is 2. The van der Waals surface area contributed by atoms with Crippen molar-refractivity contribution in [2.45, 2.75) is 6.42 Å². The van der Waals surface area contributed by atoms with E-state index in [1.807, 2.05) is 66.7 Å². The molecule has 0 saturated carbocycles. The average Bonchev–Trinajstić information content (AvgIpc) is 3.89. The Kier molecular flexibility index (Phi) is 9.32. The highest BCUT2D eigenvalue weighted by Gasteiger charge is 2.15. The summed E-state index contributed by atoms with van der Waals surface area (Å²) in [6, 6.07) is 26.6. The maximum absolute atomic E-state index is 11.2. The summed E-state index contributed by atoms with van der Waals surface area (Å²) in [4.78, 5) is 8.69. The van der Waals surface area contributed by atoms with E-state index >= 15 is 0 Å². The fourth-order valence-corrected chi connectivity index (χ4v) is 6.14. The number of fused-ring (bicyclic) bond motifs is 4. The Morgan fingerprint density at radius 3 is 1.70 bits per heavy atom. The zero-order valence-corrected chi connectivity index (χ0v) is 28.8. The first-order chi connectivity index (χ1) is 24.2. The van der Waals surface area contributed by atoms with E-state index in [-0.39, 0.29) is 12.4 Å². The molecule has 0 aliphatic carbocycles. The molecule has 6 heterocycles. The van der Waals surface area contributed by atoms with Gasteiger partial charge in [-0.25, -0.2) is 27.4 Å². The SMILES string of the molecule is CS(=O)(=O)CCCOc1ccc2ncc(-c3cc4ccccc4o3)n2n1.CS(=O)CCOc1ccc2ncc(-c3cc4ccccc4o3)n2n1. The summed E-state index contributed by atoms with van der Waals surface area (Å²) in [6.07, 6.45) is 6.70. The van der Waals surface area contributed by atoms with Crippen LogP contribution < -0.4 is 9.47 Å². The first-order valence-electron chi connectivity index (χ1n) is 15.6. The zero-order chi connectivity index (χ0) is 34.7. The summed E-state index contributed by atoms with van der Waals surface area (Å²) >= 11 is 0. The first-order valence-corrected chi connectivity index (χ1v) is 19.4. The fourth-order valence-electron chi connectivity index (χ4n) is 5.18. The van der Waals surface area contributed by atoms with Crippen molar-refractivity contribution >= 4 is 53.9 Å². The summed E-state index contributed by atoms with van der Waals surface area (Å²) in [5, 5.41) is 10.9. The summed E-state index contributed by atoms with van der Waals surface area (Å²) in [5.41, 5.74) is 4.47. The molecule has 0 aliphatic rings. The van der Waals surface area contributed by atoms with Crippen molar-refractivity contribution in [3.05, 3.63) is 97.3 Å². The minimum atomic E-state index is -2.99. The number of hydrogen-bond acceptors (Lipinski definition) is 11. The van der Waals surface area contributed by atoms with Crippen molar-refractivity contribution in [2.24, 2.45) is 0 Å². The Labute approximate surface area is 288 Å². The zero-order valence-electron chi connectivity index (χ0n) is 27.1. The minimum Gasteiger partial charge on any atom is -0.477 e. The molecule has 6 aromatic heterocycles. The quantitative estimate of drug-likeness (QED) is 0.148. The van der Waals surface area contributed by atoms with Crippen LogP contribution in [-0.4, -0.2) is 79.1 Å². The Morgan fingerprint density at radius 2 is 1.22 bits per heavy atom. The average molecular weight is 713 g/mol. The molecule has 8 rings (SSSR count). The number of para-hydroxylation sites is 2. The highest BCUT2D eigenvalue weighted by atomic mass is 32.2. The number of hydrogen-bond donors (Lipinski definition) is 0. The molecule has 0 saturated heterocycles. The van der Waals surface area contributed by atoms with Crippen LogP contribution in [0.5, 0.6) is 11.8 Å². The van der Waals surface area contributed by atoms with E-state index in [0.717, 1.165) is 33.3 Å². The molecular formula is C35H32N6O7S2. The van der Waals surface area contributed by atoms with Gasteiger partial charge in [0.05, 0.1) is 30.5 Å². The number of nitrogens with zero attached hydrogens (tertiary/aromatic N) is 6. The van der Waals surface area contributed by atoms with Gasteiger partial charge in [0, 0.05) is 46.2 Å². The van der Waals surface area contributed by atoms with Gasteiger partial charge < -0.3 is 18.3 Å². The van der Waals surface area contributed by atoms with Gasteiger partial charge >= 0.3 is 0 Å². The van der Waals surface area contributed by atoms with Crippen molar-refractivity contribution in [1.29, 1.82) is 0 Å². The van der Waals surface area contributed by atoms with Crippen molar-refractivity contribution in [1.82, 2.24) is 29.2 Å². The van der Waals surface area contributed by atoms with Gasteiger partial charge in [0.1, 0.15) is 39.0 Å². The van der Waals surface area contributed by atoms with E-state index in [1.165, 1.54) is 6.26 Å². The molecule has 13 nitrogen and oxygen atoms in total. The lowest BCUT2D eigenvalue weighted by Gasteiger charge is -2.05. The summed E-state index contributed by atoms with van der Waals surface area (Å²) < 4.78 is 59.7. The molecule has 8 aromatic rings. The van der Waals surface area contributed by atoms with Gasteiger partial charge in [0.2, 0.25) is 11.8 Å². The van der Waals surface area contributed by atoms with Crippen molar-refractivity contribution in [3.8, 4) is 34.7 Å². The molecule has 50 heavy (non-hydrogen) atoms. The number of imidazole rings is 2. The molecule has 15 heteroatoms. The molecule has 0 radical (unpaired) electrons.